The molecule has 0 amide bonds. The molecule has 0 radical (unpaired) electrons. The molecule has 5 nitrogen and oxygen atoms in total. The molecule has 0 N–H and O–H groups in total. The van der Waals surface area contributed by atoms with E-state index in [0.29, 0.717) is 6.67 Å². The van der Waals surface area contributed by atoms with E-state index in [1.807, 2.05) is 30.8 Å². The van der Waals surface area contributed by atoms with E-state index < -0.39 is 0 Å². The Labute approximate surface area is 140 Å². The number of hydrogen-bond acceptors (Lipinski definition) is 6. The van der Waals surface area contributed by atoms with Gasteiger partial charge in [-0.05, 0) is 56.4 Å². The van der Waals surface area contributed by atoms with E-state index in [-0.39, 0.29) is 0 Å². The molecule has 0 bridgehead atoms. The average Bonchev–Trinajstić information content (AvgIpc) is 2.78. The van der Waals surface area contributed by atoms with Crippen molar-refractivity contribution in [1.29, 1.82) is 0 Å². The summed E-state index contributed by atoms with van der Waals surface area (Å²) in [5, 5.41) is 5.41. The van der Waals surface area contributed by atoms with E-state index in [4.69, 9.17) is 21.7 Å². The number of rotatable bonds is 6. The first-order chi connectivity index (χ1) is 10.4. The van der Waals surface area contributed by atoms with Crippen LogP contribution in [0.2, 0.25) is 0 Å². The minimum absolute atomic E-state index is 0.664. The second-order valence-corrected chi connectivity index (χ2v) is 7.00. The summed E-state index contributed by atoms with van der Waals surface area (Å²) in [6.07, 6.45) is 0. The number of benzene rings is 1. The fourth-order valence-electron chi connectivity index (χ4n) is 2.26. The smallest absolute Gasteiger partial charge is 0.180 e. The van der Waals surface area contributed by atoms with Gasteiger partial charge in [0.05, 0.1) is 20.9 Å². The van der Waals surface area contributed by atoms with Gasteiger partial charge in [0.25, 0.3) is 0 Å². The van der Waals surface area contributed by atoms with Crippen molar-refractivity contribution in [1.82, 2.24) is 14.7 Å². The molecule has 7 heteroatoms. The molecule has 2 aromatic rings. The maximum Gasteiger partial charge on any atom is 0.180 e. The topological polar surface area (TPSA) is 39.5 Å². The highest BCUT2D eigenvalue weighted by atomic mass is 32.1. The Morgan fingerprint density at radius 2 is 1.86 bits per heavy atom. The molecule has 22 heavy (non-hydrogen) atoms. The zero-order valence-corrected chi connectivity index (χ0v) is 15.2. The van der Waals surface area contributed by atoms with Gasteiger partial charge in [0.15, 0.2) is 15.5 Å². The standard InChI is InChI=1S/C15H21N3O2S2/c1-10-6-13(19-4)14(20-5)7-12(10)8-17(3)9-18-15(21)22-11(2)16-18/h6-7H,8-9H2,1-5H3. The largest absolute Gasteiger partial charge is 0.493 e. The van der Waals surface area contributed by atoms with Gasteiger partial charge in [-0.3, -0.25) is 4.90 Å². The summed E-state index contributed by atoms with van der Waals surface area (Å²) in [6.45, 7) is 5.49. The summed E-state index contributed by atoms with van der Waals surface area (Å²) in [5.74, 6) is 1.50. The van der Waals surface area contributed by atoms with Crippen LogP contribution in [0, 0.1) is 17.8 Å². The first kappa shape index (κ1) is 16.9. The molecule has 1 aromatic heterocycles. The summed E-state index contributed by atoms with van der Waals surface area (Å²) in [7, 11) is 5.35. The SMILES string of the molecule is COc1cc(C)c(CN(C)Cn2nc(C)sc2=S)cc1OC. The molecule has 0 atom stereocenters. The van der Waals surface area contributed by atoms with E-state index >= 15 is 0 Å². The van der Waals surface area contributed by atoms with Crippen molar-refractivity contribution in [2.24, 2.45) is 0 Å². The minimum atomic E-state index is 0.664. The van der Waals surface area contributed by atoms with Crippen LogP contribution < -0.4 is 9.47 Å². The third-order valence-electron chi connectivity index (χ3n) is 3.37. The molecule has 120 valence electrons. The summed E-state index contributed by atoms with van der Waals surface area (Å²) in [4.78, 5) is 2.17. The lowest BCUT2D eigenvalue weighted by Gasteiger charge is -2.19. The van der Waals surface area contributed by atoms with Gasteiger partial charge >= 0.3 is 0 Å². The van der Waals surface area contributed by atoms with Gasteiger partial charge < -0.3 is 9.47 Å². The van der Waals surface area contributed by atoms with Crippen LogP contribution in [0.4, 0.5) is 0 Å². The fraction of sp³-hybridized carbons (Fsp3) is 0.467. The van der Waals surface area contributed by atoms with Crippen LogP contribution in [0.25, 0.3) is 0 Å². The zero-order chi connectivity index (χ0) is 16.3. The summed E-state index contributed by atoms with van der Waals surface area (Å²) >= 11 is 6.84. The van der Waals surface area contributed by atoms with Crippen molar-refractivity contribution in [2.75, 3.05) is 21.3 Å². The second-order valence-electron chi connectivity index (χ2n) is 5.18. The van der Waals surface area contributed by atoms with E-state index in [1.54, 1.807) is 14.2 Å². The number of methoxy groups -OCH3 is 2. The van der Waals surface area contributed by atoms with Crippen molar-refractivity contribution in [3.05, 3.63) is 32.2 Å². The van der Waals surface area contributed by atoms with Crippen LogP contribution >= 0.6 is 23.6 Å². The fourth-order valence-corrected chi connectivity index (χ4v) is 3.32. The maximum atomic E-state index is 5.38. The Bertz CT molecular complexity index is 709. The van der Waals surface area contributed by atoms with Gasteiger partial charge in [-0.15, -0.1) is 0 Å². The lowest BCUT2D eigenvalue weighted by atomic mass is 10.1. The molecule has 0 aliphatic rings. The van der Waals surface area contributed by atoms with Gasteiger partial charge in [-0.2, -0.15) is 5.10 Å². The molecular weight excluding hydrogens is 318 g/mol. The van der Waals surface area contributed by atoms with Gasteiger partial charge in [-0.25, -0.2) is 4.68 Å². The van der Waals surface area contributed by atoms with Crippen LogP contribution in [0.3, 0.4) is 0 Å². The van der Waals surface area contributed by atoms with Crippen molar-refractivity contribution in [3.8, 4) is 11.5 Å². The zero-order valence-electron chi connectivity index (χ0n) is 13.5. The van der Waals surface area contributed by atoms with Gasteiger partial charge in [0.2, 0.25) is 0 Å². The predicted molar refractivity (Wildman–Crippen MR) is 91.4 cm³/mol. The quantitative estimate of drug-likeness (QED) is 0.754. The summed E-state index contributed by atoms with van der Waals surface area (Å²) in [5.41, 5.74) is 2.36. The maximum absolute atomic E-state index is 5.38. The molecule has 2 rings (SSSR count). The van der Waals surface area contributed by atoms with Crippen molar-refractivity contribution >= 4 is 23.6 Å². The number of aromatic nitrogens is 2. The summed E-state index contributed by atoms with van der Waals surface area (Å²) in [6, 6.07) is 4.02. The normalized spacial score (nSPS) is 11.0. The van der Waals surface area contributed by atoms with E-state index in [1.165, 1.54) is 22.5 Å². The van der Waals surface area contributed by atoms with E-state index in [2.05, 4.69) is 16.9 Å². The first-order valence-corrected chi connectivity index (χ1v) is 8.11. The minimum Gasteiger partial charge on any atom is -0.493 e. The molecular formula is C15H21N3O2S2. The van der Waals surface area contributed by atoms with Gasteiger partial charge in [0, 0.05) is 6.54 Å². The van der Waals surface area contributed by atoms with Gasteiger partial charge in [0.1, 0.15) is 5.01 Å². The van der Waals surface area contributed by atoms with Crippen LogP contribution in [-0.4, -0.2) is 35.9 Å². The highest BCUT2D eigenvalue weighted by molar-refractivity contribution is 7.73. The number of hydrogen-bond donors (Lipinski definition) is 0. The number of nitrogens with zero attached hydrogens (tertiary/aromatic N) is 3. The van der Waals surface area contributed by atoms with E-state index in [0.717, 1.165) is 27.0 Å². The highest BCUT2D eigenvalue weighted by Crippen LogP contribution is 2.30. The Hall–Kier alpha value is -1.44. The van der Waals surface area contributed by atoms with Crippen LogP contribution in [0.5, 0.6) is 11.5 Å². The van der Waals surface area contributed by atoms with Gasteiger partial charge in [-0.1, -0.05) is 11.3 Å². The van der Waals surface area contributed by atoms with Crippen molar-refractivity contribution in [2.45, 2.75) is 27.1 Å². The van der Waals surface area contributed by atoms with Crippen LogP contribution in [0.15, 0.2) is 12.1 Å². The lowest BCUT2D eigenvalue weighted by Crippen LogP contribution is -2.23. The predicted octanol–water partition coefficient (Wildman–Crippen LogP) is 3.40. The number of ether oxygens (including phenoxy) is 2. The molecule has 1 heterocycles. The van der Waals surface area contributed by atoms with Crippen molar-refractivity contribution < 1.29 is 9.47 Å². The second kappa shape index (κ2) is 7.21. The molecule has 0 spiro atoms. The van der Waals surface area contributed by atoms with Crippen molar-refractivity contribution in [3.63, 3.8) is 0 Å². The Kier molecular flexibility index (Phi) is 5.55. The Morgan fingerprint density at radius 3 is 2.41 bits per heavy atom. The van der Waals surface area contributed by atoms with Crippen LogP contribution in [-0.2, 0) is 13.2 Å². The molecule has 0 aliphatic heterocycles. The van der Waals surface area contributed by atoms with E-state index in [9.17, 15) is 0 Å². The number of aryl methyl sites for hydroxylation is 2. The Morgan fingerprint density at radius 1 is 1.23 bits per heavy atom. The Balaban J connectivity index is 2.16. The highest BCUT2D eigenvalue weighted by Gasteiger charge is 2.11. The monoisotopic (exact) mass is 339 g/mol. The molecule has 0 fully saturated rings. The first-order valence-electron chi connectivity index (χ1n) is 6.89. The molecule has 0 unspecified atom stereocenters. The third kappa shape index (κ3) is 3.85. The average molecular weight is 339 g/mol. The molecule has 0 saturated carbocycles. The third-order valence-corrected chi connectivity index (χ3v) is 4.59. The molecule has 0 aliphatic carbocycles. The van der Waals surface area contributed by atoms with Crippen LogP contribution in [0.1, 0.15) is 16.1 Å². The molecule has 0 saturated heterocycles. The molecule has 1 aromatic carbocycles. The lowest BCUT2D eigenvalue weighted by molar-refractivity contribution is 0.244. The summed E-state index contributed by atoms with van der Waals surface area (Å²) < 4.78 is 13.4.